The minimum atomic E-state index is 0.0271. The first kappa shape index (κ1) is 14.9. The minimum Gasteiger partial charge on any atom is -0.379 e. The third-order valence-corrected chi connectivity index (χ3v) is 3.88. The number of ether oxygens (including phenoxy) is 1. The van der Waals surface area contributed by atoms with Crippen LogP contribution in [0.3, 0.4) is 0 Å². The molecule has 0 aromatic heterocycles. The zero-order chi connectivity index (χ0) is 12.7. The first-order valence-electron chi connectivity index (χ1n) is 7.07. The molecule has 0 aliphatic carbocycles. The topological polar surface area (TPSA) is 15.7 Å². The predicted molar refractivity (Wildman–Crippen MR) is 73.5 cm³/mol. The molecule has 1 heterocycles. The van der Waals surface area contributed by atoms with Gasteiger partial charge in [0.25, 0.3) is 0 Å². The number of hydrogen-bond acceptors (Lipinski definition) is 3. The summed E-state index contributed by atoms with van der Waals surface area (Å²) in [6.07, 6.45) is 3.78. The maximum absolute atomic E-state index is 5.47. The monoisotopic (exact) mass is 242 g/mol. The Labute approximate surface area is 107 Å². The highest BCUT2D eigenvalue weighted by atomic mass is 16.5. The fraction of sp³-hybridized carbons (Fsp3) is 1.00. The Hall–Kier alpha value is -0.120. The highest BCUT2D eigenvalue weighted by molar-refractivity contribution is 4.75. The van der Waals surface area contributed by atoms with Crippen LogP contribution in [0.25, 0.3) is 0 Å². The van der Waals surface area contributed by atoms with Gasteiger partial charge < -0.3 is 14.5 Å². The molecule has 0 atom stereocenters. The molecule has 0 saturated carbocycles. The van der Waals surface area contributed by atoms with E-state index in [1.807, 2.05) is 7.11 Å². The predicted octanol–water partition coefficient (Wildman–Crippen LogP) is 2.22. The van der Waals surface area contributed by atoms with Crippen molar-refractivity contribution in [2.24, 2.45) is 0 Å². The van der Waals surface area contributed by atoms with Crippen molar-refractivity contribution in [2.45, 2.75) is 45.6 Å². The summed E-state index contributed by atoms with van der Waals surface area (Å²) in [7, 11) is 1.81. The third-order valence-electron chi connectivity index (χ3n) is 3.88. The second-order valence-electron chi connectivity index (χ2n) is 5.75. The molecule has 1 saturated heterocycles. The minimum absolute atomic E-state index is 0.0271. The lowest BCUT2D eigenvalue weighted by atomic mass is 10.0. The van der Waals surface area contributed by atoms with Crippen LogP contribution in [0.15, 0.2) is 0 Å². The van der Waals surface area contributed by atoms with Crippen molar-refractivity contribution in [3.63, 3.8) is 0 Å². The van der Waals surface area contributed by atoms with Crippen LogP contribution in [0.2, 0.25) is 0 Å². The molecule has 0 aromatic carbocycles. The average Bonchev–Trinajstić information content (AvgIpc) is 2.35. The number of piperazine rings is 1. The smallest absolute Gasteiger partial charge is 0.0634 e. The molecule has 1 aliphatic rings. The van der Waals surface area contributed by atoms with Gasteiger partial charge in [0.15, 0.2) is 0 Å². The summed E-state index contributed by atoms with van der Waals surface area (Å²) in [5.41, 5.74) is 0.0271. The standard InChI is InChI=1S/C14H30N2O/c1-5-6-8-15-10-12-16(13-11-15)9-7-14(2,3)17-4/h5-13H2,1-4H3. The SMILES string of the molecule is CCCCN1CCN(CCC(C)(C)OC)CC1. The average molecular weight is 242 g/mol. The van der Waals surface area contributed by atoms with Crippen LogP contribution in [-0.4, -0.2) is 61.8 Å². The van der Waals surface area contributed by atoms with Crippen LogP contribution < -0.4 is 0 Å². The zero-order valence-electron chi connectivity index (χ0n) is 12.2. The van der Waals surface area contributed by atoms with Gasteiger partial charge in [0.1, 0.15) is 0 Å². The van der Waals surface area contributed by atoms with Crippen molar-refractivity contribution in [3.8, 4) is 0 Å². The van der Waals surface area contributed by atoms with Gasteiger partial charge in [0.05, 0.1) is 5.60 Å². The van der Waals surface area contributed by atoms with Crippen LogP contribution in [0.1, 0.15) is 40.0 Å². The third kappa shape index (κ3) is 5.84. The van der Waals surface area contributed by atoms with Gasteiger partial charge in [-0.25, -0.2) is 0 Å². The van der Waals surface area contributed by atoms with E-state index in [1.54, 1.807) is 0 Å². The summed E-state index contributed by atoms with van der Waals surface area (Å²) < 4.78 is 5.47. The summed E-state index contributed by atoms with van der Waals surface area (Å²) in [5, 5.41) is 0. The fourth-order valence-electron chi connectivity index (χ4n) is 2.15. The normalized spacial score (nSPS) is 19.8. The Morgan fingerprint density at radius 1 is 1.00 bits per heavy atom. The van der Waals surface area contributed by atoms with Crippen molar-refractivity contribution in [2.75, 3.05) is 46.4 Å². The van der Waals surface area contributed by atoms with E-state index in [-0.39, 0.29) is 5.60 Å². The van der Waals surface area contributed by atoms with Gasteiger partial charge >= 0.3 is 0 Å². The number of hydrogen-bond donors (Lipinski definition) is 0. The van der Waals surface area contributed by atoms with Crippen molar-refractivity contribution in [1.29, 1.82) is 0 Å². The molecular formula is C14H30N2O. The second kappa shape index (κ2) is 7.34. The second-order valence-corrected chi connectivity index (χ2v) is 5.75. The van der Waals surface area contributed by atoms with Crippen molar-refractivity contribution >= 4 is 0 Å². The lowest BCUT2D eigenvalue weighted by Crippen LogP contribution is -2.47. The Balaban J connectivity index is 2.15. The van der Waals surface area contributed by atoms with Crippen molar-refractivity contribution < 1.29 is 4.74 Å². The molecule has 1 rings (SSSR count). The molecule has 0 amide bonds. The number of rotatable bonds is 7. The molecule has 102 valence electrons. The van der Waals surface area contributed by atoms with Gasteiger partial charge in [-0.3, -0.25) is 0 Å². The Morgan fingerprint density at radius 3 is 2.00 bits per heavy atom. The molecule has 0 spiro atoms. The highest BCUT2D eigenvalue weighted by Crippen LogP contribution is 2.14. The molecule has 17 heavy (non-hydrogen) atoms. The summed E-state index contributed by atoms with van der Waals surface area (Å²) in [6, 6.07) is 0. The largest absolute Gasteiger partial charge is 0.379 e. The Morgan fingerprint density at radius 2 is 1.53 bits per heavy atom. The van der Waals surface area contributed by atoms with E-state index in [0.29, 0.717) is 0 Å². The summed E-state index contributed by atoms with van der Waals surface area (Å²) in [6.45, 7) is 14.0. The van der Waals surface area contributed by atoms with E-state index in [4.69, 9.17) is 4.74 Å². The number of unbranched alkanes of at least 4 members (excludes halogenated alkanes) is 1. The molecular weight excluding hydrogens is 212 g/mol. The Kier molecular flexibility index (Phi) is 6.45. The molecule has 3 nitrogen and oxygen atoms in total. The molecule has 0 aromatic rings. The molecule has 0 unspecified atom stereocenters. The zero-order valence-corrected chi connectivity index (χ0v) is 12.2. The van der Waals surface area contributed by atoms with E-state index in [1.165, 1.54) is 52.1 Å². The van der Waals surface area contributed by atoms with Crippen LogP contribution >= 0.6 is 0 Å². The van der Waals surface area contributed by atoms with Gasteiger partial charge in [-0.2, -0.15) is 0 Å². The van der Waals surface area contributed by atoms with Crippen molar-refractivity contribution in [3.05, 3.63) is 0 Å². The lowest BCUT2D eigenvalue weighted by Gasteiger charge is -2.36. The van der Waals surface area contributed by atoms with E-state index in [2.05, 4.69) is 30.6 Å². The molecule has 0 N–H and O–H groups in total. The number of nitrogens with zero attached hydrogens (tertiary/aromatic N) is 2. The highest BCUT2D eigenvalue weighted by Gasteiger charge is 2.20. The fourth-order valence-corrected chi connectivity index (χ4v) is 2.15. The van der Waals surface area contributed by atoms with Crippen LogP contribution in [0.5, 0.6) is 0 Å². The number of methoxy groups -OCH3 is 1. The molecule has 0 bridgehead atoms. The van der Waals surface area contributed by atoms with Gasteiger partial charge in [-0.1, -0.05) is 13.3 Å². The van der Waals surface area contributed by atoms with Crippen LogP contribution in [-0.2, 0) is 4.74 Å². The maximum atomic E-state index is 5.47. The van der Waals surface area contributed by atoms with Crippen LogP contribution in [0.4, 0.5) is 0 Å². The van der Waals surface area contributed by atoms with Crippen molar-refractivity contribution in [1.82, 2.24) is 9.80 Å². The van der Waals surface area contributed by atoms with Gasteiger partial charge in [0.2, 0.25) is 0 Å². The van der Waals surface area contributed by atoms with Gasteiger partial charge in [-0.15, -0.1) is 0 Å². The maximum Gasteiger partial charge on any atom is 0.0634 e. The molecule has 3 heteroatoms. The lowest BCUT2D eigenvalue weighted by molar-refractivity contribution is 0.00330. The van der Waals surface area contributed by atoms with E-state index in [9.17, 15) is 0 Å². The van der Waals surface area contributed by atoms with E-state index < -0.39 is 0 Å². The van der Waals surface area contributed by atoms with Crippen LogP contribution in [0, 0.1) is 0 Å². The molecule has 1 aliphatic heterocycles. The quantitative estimate of drug-likeness (QED) is 0.681. The van der Waals surface area contributed by atoms with Gasteiger partial charge in [0, 0.05) is 39.8 Å². The summed E-state index contributed by atoms with van der Waals surface area (Å²) >= 11 is 0. The summed E-state index contributed by atoms with van der Waals surface area (Å²) in [5.74, 6) is 0. The van der Waals surface area contributed by atoms with Gasteiger partial charge in [-0.05, 0) is 33.2 Å². The Bertz CT molecular complexity index is 198. The molecule has 1 fully saturated rings. The van der Waals surface area contributed by atoms with E-state index in [0.717, 1.165) is 6.42 Å². The van der Waals surface area contributed by atoms with E-state index >= 15 is 0 Å². The summed E-state index contributed by atoms with van der Waals surface area (Å²) in [4.78, 5) is 5.17. The first-order valence-corrected chi connectivity index (χ1v) is 7.07. The molecule has 0 radical (unpaired) electrons. The first-order chi connectivity index (χ1) is 8.07.